The van der Waals surface area contributed by atoms with E-state index in [-0.39, 0.29) is 19.1 Å². The largest absolute Gasteiger partial charge is 0.491 e. The molecule has 0 spiro atoms. The minimum absolute atomic E-state index is 0.126. The number of ether oxygens (including phenoxy) is 2. The zero-order chi connectivity index (χ0) is 15.5. The van der Waals surface area contributed by atoms with Crippen LogP contribution < -0.4 is 15.4 Å². The summed E-state index contributed by atoms with van der Waals surface area (Å²) in [5.41, 5.74) is 1.10. The predicted molar refractivity (Wildman–Crippen MR) is 80.4 cm³/mol. The van der Waals surface area contributed by atoms with Gasteiger partial charge in [-0.25, -0.2) is 0 Å². The smallest absolute Gasteiger partial charge is 0.234 e. The fourth-order valence-corrected chi connectivity index (χ4v) is 1.66. The van der Waals surface area contributed by atoms with Crippen LogP contribution in [0.3, 0.4) is 0 Å². The normalized spacial score (nSPS) is 12.0. The van der Waals surface area contributed by atoms with Crippen LogP contribution in [-0.4, -0.2) is 57.1 Å². The monoisotopic (exact) mass is 296 g/mol. The lowest BCUT2D eigenvalue weighted by molar-refractivity contribution is -0.120. The van der Waals surface area contributed by atoms with Crippen molar-refractivity contribution in [1.82, 2.24) is 10.6 Å². The standard InChI is InChI=1S/C15H24N2O4/c1-12-4-3-5-14(8-12)21-11-13(18)9-16-10-15(19)17-6-7-20-2/h3-5,8,13,16,18H,6-7,9-11H2,1-2H3,(H,17,19). The molecule has 0 aliphatic carbocycles. The van der Waals surface area contributed by atoms with E-state index < -0.39 is 6.10 Å². The van der Waals surface area contributed by atoms with Crippen molar-refractivity contribution in [2.45, 2.75) is 13.0 Å². The van der Waals surface area contributed by atoms with E-state index in [4.69, 9.17) is 9.47 Å². The molecule has 3 N–H and O–H groups in total. The van der Waals surface area contributed by atoms with Crippen LogP contribution in [0.15, 0.2) is 24.3 Å². The number of hydrogen-bond donors (Lipinski definition) is 3. The Kier molecular flexibility index (Phi) is 8.42. The third kappa shape index (κ3) is 8.29. The third-order valence-corrected chi connectivity index (χ3v) is 2.73. The van der Waals surface area contributed by atoms with Gasteiger partial charge in [0.1, 0.15) is 18.5 Å². The van der Waals surface area contributed by atoms with Gasteiger partial charge in [-0.1, -0.05) is 12.1 Å². The average Bonchev–Trinajstić information content (AvgIpc) is 2.45. The number of carbonyl (C=O) groups excluding carboxylic acids is 1. The van der Waals surface area contributed by atoms with Crippen LogP contribution in [0, 0.1) is 6.92 Å². The summed E-state index contributed by atoms with van der Waals surface area (Å²) in [7, 11) is 1.58. The van der Waals surface area contributed by atoms with Crippen LogP contribution in [-0.2, 0) is 9.53 Å². The Morgan fingerprint density at radius 3 is 2.95 bits per heavy atom. The van der Waals surface area contributed by atoms with Gasteiger partial charge < -0.3 is 25.2 Å². The summed E-state index contributed by atoms with van der Waals surface area (Å²) in [4.78, 5) is 11.4. The highest BCUT2D eigenvalue weighted by molar-refractivity contribution is 5.77. The van der Waals surface area contributed by atoms with E-state index in [0.717, 1.165) is 11.3 Å². The summed E-state index contributed by atoms with van der Waals surface area (Å²) in [6.07, 6.45) is -0.669. The Labute approximate surface area is 125 Å². The van der Waals surface area contributed by atoms with Crippen molar-refractivity contribution in [3.8, 4) is 5.75 Å². The predicted octanol–water partition coefficient (Wildman–Crippen LogP) is 0.0869. The van der Waals surface area contributed by atoms with Crippen molar-refractivity contribution < 1.29 is 19.4 Å². The summed E-state index contributed by atoms with van der Waals surface area (Å²) in [6, 6.07) is 7.63. The number of nitrogens with one attached hydrogen (secondary N) is 2. The average molecular weight is 296 g/mol. The van der Waals surface area contributed by atoms with E-state index in [9.17, 15) is 9.90 Å². The molecule has 0 fully saturated rings. The Morgan fingerprint density at radius 2 is 2.24 bits per heavy atom. The summed E-state index contributed by atoms with van der Waals surface area (Å²) < 4.78 is 10.3. The molecule has 118 valence electrons. The molecule has 0 saturated carbocycles. The van der Waals surface area contributed by atoms with Crippen molar-refractivity contribution in [3.05, 3.63) is 29.8 Å². The van der Waals surface area contributed by atoms with Gasteiger partial charge in [-0.05, 0) is 24.6 Å². The van der Waals surface area contributed by atoms with Gasteiger partial charge in [0, 0.05) is 20.2 Å². The van der Waals surface area contributed by atoms with E-state index in [0.29, 0.717) is 19.7 Å². The van der Waals surface area contributed by atoms with Crippen molar-refractivity contribution in [1.29, 1.82) is 0 Å². The highest BCUT2D eigenvalue weighted by atomic mass is 16.5. The lowest BCUT2D eigenvalue weighted by Gasteiger charge is -2.13. The number of amides is 1. The third-order valence-electron chi connectivity index (χ3n) is 2.73. The van der Waals surface area contributed by atoms with Gasteiger partial charge in [-0.2, -0.15) is 0 Å². The van der Waals surface area contributed by atoms with Crippen LogP contribution in [0.2, 0.25) is 0 Å². The number of methoxy groups -OCH3 is 1. The highest BCUT2D eigenvalue weighted by Crippen LogP contribution is 2.12. The minimum atomic E-state index is -0.669. The number of carbonyl (C=O) groups is 1. The molecule has 0 radical (unpaired) electrons. The van der Waals surface area contributed by atoms with Gasteiger partial charge in [0.05, 0.1) is 13.2 Å². The summed E-state index contributed by atoms with van der Waals surface area (Å²) in [5.74, 6) is 0.602. The summed E-state index contributed by atoms with van der Waals surface area (Å²) in [6.45, 7) is 3.58. The molecule has 0 heterocycles. The maximum absolute atomic E-state index is 11.4. The molecule has 0 aromatic heterocycles. The van der Waals surface area contributed by atoms with E-state index in [1.807, 2.05) is 31.2 Å². The number of benzene rings is 1. The molecule has 0 bridgehead atoms. The van der Waals surface area contributed by atoms with E-state index in [2.05, 4.69) is 10.6 Å². The maximum Gasteiger partial charge on any atom is 0.234 e. The second-order valence-electron chi connectivity index (χ2n) is 4.75. The van der Waals surface area contributed by atoms with Gasteiger partial charge in [0.25, 0.3) is 0 Å². The second kappa shape index (κ2) is 10.1. The van der Waals surface area contributed by atoms with Crippen LogP contribution in [0.1, 0.15) is 5.56 Å². The number of hydrogen-bond acceptors (Lipinski definition) is 5. The van der Waals surface area contributed by atoms with Crippen molar-refractivity contribution in [2.75, 3.05) is 40.0 Å². The number of aliphatic hydroxyl groups excluding tert-OH is 1. The first kappa shape index (κ1) is 17.4. The Hall–Kier alpha value is -1.63. The van der Waals surface area contributed by atoms with Crippen molar-refractivity contribution >= 4 is 5.91 Å². The van der Waals surface area contributed by atoms with Crippen LogP contribution in [0.5, 0.6) is 5.75 Å². The molecule has 1 rings (SSSR count). The van der Waals surface area contributed by atoms with Gasteiger partial charge in [-0.15, -0.1) is 0 Å². The molecular weight excluding hydrogens is 272 g/mol. The van der Waals surface area contributed by atoms with E-state index >= 15 is 0 Å². The molecule has 6 heteroatoms. The van der Waals surface area contributed by atoms with Crippen LogP contribution in [0.25, 0.3) is 0 Å². The summed E-state index contributed by atoms with van der Waals surface area (Å²) in [5, 5.41) is 15.3. The van der Waals surface area contributed by atoms with Crippen LogP contribution in [0.4, 0.5) is 0 Å². The maximum atomic E-state index is 11.4. The van der Waals surface area contributed by atoms with E-state index in [1.165, 1.54) is 0 Å². The quantitative estimate of drug-likeness (QED) is 0.533. The molecule has 0 aliphatic rings. The lowest BCUT2D eigenvalue weighted by atomic mass is 10.2. The first-order valence-electron chi connectivity index (χ1n) is 6.95. The fraction of sp³-hybridized carbons (Fsp3) is 0.533. The van der Waals surface area contributed by atoms with Gasteiger partial charge in [0.2, 0.25) is 5.91 Å². The second-order valence-corrected chi connectivity index (χ2v) is 4.75. The molecule has 6 nitrogen and oxygen atoms in total. The van der Waals surface area contributed by atoms with Crippen LogP contribution >= 0.6 is 0 Å². The highest BCUT2D eigenvalue weighted by Gasteiger charge is 2.06. The van der Waals surface area contributed by atoms with Gasteiger partial charge in [0.15, 0.2) is 0 Å². The Balaban J connectivity index is 2.11. The van der Waals surface area contributed by atoms with Crippen molar-refractivity contribution in [2.24, 2.45) is 0 Å². The molecule has 1 amide bonds. The van der Waals surface area contributed by atoms with Gasteiger partial charge in [-0.3, -0.25) is 4.79 Å². The Morgan fingerprint density at radius 1 is 1.43 bits per heavy atom. The zero-order valence-corrected chi connectivity index (χ0v) is 12.6. The molecule has 0 aliphatic heterocycles. The SMILES string of the molecule is COCCNC(=O)CNCC(O)COc1cccc(C)c1. The zero-order valence-electron chi connectivity index (χ0n) is 12.6. The molecule has 0 saturated heterocycles. The first-order valence-corrected chi connectivity index (χ1v) is 6.95. The number of aliphatic hydroxyl groups is 1. The molecule has 1 aromatic carbocycles. The Bertz CT molecular complexity index is 426. The van der Waals surface area contributed by atoms with Gasteiger partial charge >= 0.3 is 0 Å². The molecule has 1 atom stereocenters. The molecule has 1 unspecified atom stereocenters. The van der Waals surface area contributed by atoms with E-state index in [1.54, 1.807) is 7.11 Å². The summed E-state index contributed by atoms with van der Waals surface area (Å²) >= 11 is 0. The van der Waals surface area contributed by atoms with Crippen molar-refractivity contribution in [3.63, 3.8) is 0 Å². The number of rotatable bonds is 10. The number of aryl methyl sites for hydroxylation is 1. The topological polar surface area (TPSA) is 79.8 Å². The molecular formula is C15H24N2O4. The molecule has 1 aromatic rings. The minimum Gasteiger partial charge on any atom is -0.491 e. The fourth-order valence-electron chi connectivity index (χ4n) is 1.66. The lowest BCUT2D eigenvalue weighted by Crippen LogP contribution is -2.39. The first-order chi connectivity index (χ1) is 10.1. The molecule has 21 heavy (non-hydrogen) atoms.